The molecule has 1 atom stereocenters. The second-order valence-corrected chi connectivity index (χ2v) is 7.63. The van der Waals surface area contributed by atoms with Crippen LogP contribution < -0.4 is 0 Å². The lowest BCUT2D eigenvalue weighted by Gasteiger charge is -2.32. The van der Waals surface area contributed by atoms with Crippen molar-refractivity contribution >= 4 is 34.5 Å². The molecule has 0 spiro atoms. The largest absolute Gasteiger partial charge is 0.128 e. The number of rotatable bonds is 2. The summed E-state index contributed by atoms with van der Waals surface area (Å²) in [7, 11) is 0. The highest BCUT2D eigenvalue weighted by Gasteiger charge is 2.27. The minimum atomic E-state index is 0.189. The summed E-state index contributed by atoms with van der Waals surface area (Å²) in [6.07, 6.45) is 5.44. The van der Waals surface area contributed by atoms with Crippen molar-refractivity contribution in [3.8, 4) is 0 Å². The first-order valence-corrected chi connectivity index (χ1v) is 7.16. The molecule has 0 saturated carbocycles. The molecule has 16 heavy (non-hydrogen) atoms. The van der Waals surface area contributed by atoms with Gasteiger partial charge in [0.1, 0.15) is 0 Å². The number of allylic oxidation sites excluding steroid dienone is 2. The van der Waals surface area contributed by atoms with Gasteiger partial charge in [0.25, 0.3) is 0 Å². The fourth-order valence-electron chi connectivity index (χ4n) is 2.38. The quantitative estimate of drug-likeness (QED) is 0.507. The van der Waals surface area contributed by atoms with Gasteiger partial charge in [-0.05, 0) is 30.4 Å². The number of halogens is 2. The van der Waals surface area contributed by atoms with E-state index in [0.29, 0.717) is 5.41 Å². The Morgan fingerprint density at radius 3 is 2.75 bits per heavy atom. The molecular weight excluding hydrogens is 259 g/mol. The van der Waals surface area contributed by atoms with Gasteiger partial charge >= 0.3 is 0 Å². The summed E-state index contributed by atoms with van der Waals surface area (Å²) >= 11 is 13.9. The normalized spacial score (nSPS) is 24.2. The minimum Gasteiger partial charge on any atom is -0.128 e. The van der Waals surface area contributed by atoms with Crippen molar-refractivity contribution in [3.05, 3.63) is 33.0 Å². The average Bonchev–Trinajstić information content (AvgIpc) is 2.46. The summed E-state index contributed by atoms with van der Waals surface area (Å²) in [5, 5.41) is 0.189. The Balaban J connectivity index is 2.10. The maximum Gasteiger partial charge on any atom is 0.0931 e. The second-order valence-electron chi connectivity index (χ2n) is 5.27. The number of thiophene rings is 1. The third-order valence-corrected chi connectivity index (χ3v) is 4.41. The Bertz CT molecular complexity index is 404. The van der Waals surface area contributed by atoms with Crippen molar-refractivity contribution in [2.45, 2.75) is 38.5 Å². The summed E-state index contributed by atoms with van der Waals surface area (Å²) < 4.78 is 0.869. The number of alkyl halides is 1. The third kappa shape index (κ3) is 3.26. The van der Waals surface area contributed by atoms with Crippen LogP contribution in [0.3, 0.4) is 0 Å². The van der Waals surface area contributed by atoms with Crippen LogP contribution in [0.4, 0.5) is 0 Å². The molecule has 1 heterocycles. The van der Waals surface area contributed by atoms with Gasteiger partial charge in [-0.15, -0.1) is 22.9 Å². The molecule has 1 unspecified atom stereocenters. The lowest BCUT2D eigenvalue weighted by atomic mass is 9.76. The summed E-state index contributed by atoms with van der Waals surface area (Å²) in [5.74, 6) is 0. The highest BCUT2D eigenvalue weighted by Crippen LogP contribution is 2.39. The lowest BCUT2D eigenvalue weighted by molar-refractivity contribution is 0.320. The van der Waals surface area contributed by atoms with E-state index in [1.54, 1.807) is 11.3 Å². The molecule has 2 rings (SSSR count). The molecule has 1 aromatic heterocycles. The highest BCUT2D eigenvalue weighted by atomic mass is 35.5. The zero-order valence-corrected chi connectivity index (χ0v) is 11.9. The van der Waals surface area contributed by atoms with Gasteiger partial charge in [0, 0.05) is 11.3 Å². The first kappa shape index (κ1) is 12.5. The Kier molecular flexibility index (Phi) is 3.68. The fraction of sp³-hybridized carbons (Fsp3) is 0.538. The molecule has 0 bridgehead atoms. The molecule has 88 valence electrons. The third-order valence-electron chi connectivity index (χ3n) is 2.90. The molecule has 1 aliphatic carbocycles. The predicted molar refractivity (Wildman–Crippen MR) is 73.8 cm³/mol. The Labute approximate surface area is 111 Å². The van der Waals surface area contributed by atoms with E-state index in [-0.39, 0.29) is 5.38 Å². The summed E-state index contributed by atoms with van der Waals surface area (Å²) in [6, 6.07) is 4.08. The molecule has 3 heteroatoms. The molecule has 0 nitrogen and oxygen atoms in total. The molecule has 0 N–H and O–H groups in total. The molecular formula is C13H16Cl2S. The molecule has 0 amide bonds. The van der Waals surface area contributed by atoms with Crippen molar-refractivity contribution < 1.29 is 0 Å². The van der Waals surface area contributed by atoms with E-state index < -0.39 is 0 Å². The second kappa shape index (κ2) is 4.72. The van der Waals surface area contributed by atoms with Crippen LogP contribution in [0.1, 0.15) is 31.6 Å². The first-order valence-electron chi connectivity index (χ1n) is 5.52. The SMILES string of the molecule is CC1(C)CC(Cc2ccc(Cl)s2)=CC(Cl)C1. The van der Waals surface area contributed by atoms with E-state index in [4.69, 9.17) is 23.2 Å². The number of hydrogen-bond acceptors (Lipinski definition) is 1. The van der Waals surface area contributed by atoms with Gasteiger partial charge in [0.05, 0.1) is 9.71 Å². The van der Waals surface area contributed by atoms with Crippen LogP contribution in [0.2, 0.25) is 4.34 Å². The maximum atomic E-state index is 6.27. The molecule has 0 aliphatic heterocycles. The van der Waals surface area contributed by atoms with E-state index in [9.17, 15) is 0 Å². The minimum absolute atomic E-state index is 0.189. The zero-order valence-electron chi connectivity index (χ0n) is 9.59. The monoisotopic (exact) mass is 274 g/mol. The molecule has 0 aromatic carbocycles. The van der Waals surface area contributed by atoms with E-state index >= 15 is 0 Å². The predicted octanol–water partition coefficient (Wildman–Crippen LogP) is 5.30. The fourth-order valence-corrected chi connectivity index (χ4v) is 4.12. The van der Waals surface area contributed by atoms with Gasteiger partial charge in [-0.1, -0.05) is 37.1 Å². The van der Waals surface area contributed by atoms with Crippen LogP contribution in [0.15, 0.2) is 23.8 Å². The average molecular weight is 275 g/mol. The van der Waals surface area contributed by atoms with Crippen LogP contribution in [-0.2, 0) is 6.42 Å². The van der Waals surface area contributed by atoms with Gasteiger partial charge in [0.15, 0.2) is 0 Å². The van der Waals surface area contributed by atoms with Crippen molar-refractivity contribution in [1.82, 2.24) is 0 Å². The smallest absolute Gasteiger partial charge is 0.0931 e. The van der Waals surface area contributed by atoms with Gasteiger partial charge < -0.3 is 0 Å². The van der Waals surface area contributed by atoms with Crippen LogP contribution in [0.25, 0.3) is 0 Å². The maximum absolute atomic E-state index is 6.27. The lowest BCUT2D eigenvalue weighted by Crippen LogP contribution is -2.22. The van der Waals surface area contributed by atoms with E-state index in [1.807, 2.05) is 6.07 Å². The molecule has 1 aliphatic rings. The standard InChI is InChI=1S/C13H16Cl2S/c1-13(2)7-9(5-10(14)8-13)6-11-3-4-12(15)16-11/h3-5,10H,6-8H2,1-2H3. The van der Waals surface area contributed by atoms with Crippen molar-refractivity contribution in [2.24, 2.45) is 5.41 Å². The van der Waals surface area contributed by atoms with Crippen LogP contribution >= 0.6 is 34.5 Å². The van der Waals surface area contributed by atoms with E-state index in [1.165, 1.54) is 10.5 Å². The summed E-state index contributed by atoms with van der Waals surface area (Å²) in [5.41, 5.74) is 1.78. The van der Waals surface area contributed by atoms with Gasteiger partial charge in [-0.3, -0.25) is 0 Å². The molecule has 0 radical (unpaired) electrons. The Morgan fingerprint density at radius 1 is 1.44 bits per heavy atom. The zero-order chi connectivity index (χ0) is 11.8. The van der Waals surface area contributed by atoms with Crippen LogP contribution in [0.5, 0.6) is 0 Å². The van der Waals surface area contributed by atoms with Gasteiger partial charge in [0.2, 0.25) is 0 Å². The van der Waals surface area contributed by atoms with Crippen LogP contribution in [0, 0.1) is 5.41 Å². The number of hydrogen-bond donors (Lipinski definition) is 0. The van der Waals surface area contributed by atoms with E-state index in [2.05, 4.69) is 26.0 Å². The first-order chi connectivity index (χ1) is 7.44. The van der Waals surface area contributed by atoms with Crippen LogP contribution in [-0.4, -0.2) is 5.38 Å². The highest BCUT2D eigenvalue weighted by molar-refractivity contribution is 7.16. The molecule has 0 saturated heterocycles. The van der Waals surface area contributed by atoms with Gasteiger partial charge in [-0.2, -0.15) is 0 Å². The van der Waals surface area contributed by atoms with Crippen molar-refractivity contribution in [2.75, 3.05) is 0 Å². The van der Waals surface area contributed by atoms with Crippen molar-refractivity contribution in [3.63, 3.8) is 0 Å². The molecule has 1 aromatic rings. The molecule has 0 fully saturated rings. The Hall–Kier alpha value is 0.0200. The van der Waals surface area contributed by atoms with E-state index in [0.717, 1.165) is 23.6 Å². The summed E-state index contributed by atoms with van der Waals surface area (Å²) in [6.45, 7) is 4.58. The Morgan fingerprint density at radius 2 is 2.19 bits per heavy atom. The topological polar surface area (TPSA) is 0 Å². The van der Waals surface area contributed by atoms with Crippen molar-refractivity contribution in [1.29, 1.82) is 0 Å². The van der Waals surface area contributed by atoms with Gasteiger partial charge in [-0.25, -0.2) is 0 Å². The summed E-state index contributed by atoms with van der Waals surface area (Å²) in [4.78, 5) is 1.33.